The van der Waals surface area contributed by atoms with Crippen LogP contribution in [-0.2, 0) is 21.4 Å². The van der Waals surface area contributed by atoms with E-state index in [1.807, 2.05) is 51.1 Å². The lowest BCUT2D eigenvalue weighted by molar-refractivity contribution is -0.122. The summed E-state index contributed by atoms with van der Waals surface area (Å²) in [6.45, 7) is 8.30. The van der Waals surface area contributed by atoms with Crippen molar-refractivity contribution in [3.05, 3.63) is 59.2 Å². The van der Waals surface area contributed by atoms with Gasteiger partial charge in [0.25, 0.3) is 0 Å². The molecule has 0 aliphatic carbocycles. The van der Waals surface area contributed by atoms with Crippen LogP contribution >= 0.6 is 0 Å². The molecule has 0 spiro atoms. The summed E-state index contributed by atoms with van der Waals surface area (Å²) >= 11 is 0. The molecule has 0 unspecified atom stereocenters. The first kappa shape index (κ1) is 22.7. The Morgan fingerprint density at radius 1 is 1.10 bits per heavy atom. The van der Waals surface area contributed by atoms with Gasteiger partial charge in [-0.15, -0.1) is 0 Å². The average Bonchev–Trinajstić information content (AvgIpc) is 2.63. The number of nitrogens with zero attached hydrogens (tertiary/aromatic N) is 1. The molecule has 29 heavy (non-hydrogen) atoms. The quantitative estimate of drug-likeness (QED) is 0.676. The fourth-order valence-electron chi connectivity index (χ4n) is 3.38. The van der Waals surface area contributed by atoms with Crippen LogP contribution in [0.2, 0.25) is 0 Å². The Balaban J connectivity index is 2.30. The first-order valence-electron chi connectivity index (χ1n) is 9.73. The van der Waals surface area contributed by atoms with Crippen molar-refractivity contribution >= 4 is 21.6 Å². The third kappa shape index (κ3) is 5.97. The molecule has 2 rings (SSSR count). The van der Waals surface area contributed by atoms with E-state index < -0.39 is 16.1 Å². The molecule has 7 heteroatoms. The average molecular weight is 419 g/mol. The van der Waals surface area contributed by atoms with Crippen molar-refractivity contribution in [2.24, 2.45) is 0 Å². The van der Waals surface area contributed by atoms with Crippen molar-refractivity contribution in [3.63, 3.8) is 0 Å². The van der Waals surface area contributed by atoms with Crippen molar-refractivity contribution < 1.29 is 17.9 Å². The lowest BCUT2D eigenvalue weighted by Gasteiger charge is -2.30. The number of hydrogen-bond acceptors (Lipinski definition) is 4. The highest BCUT2D eigenvalue weighted by molar-refractivity contribution is 7.92. The normalized spacial score (nSPS) is 12.3. The maximum absolute atomic E-state index is 13.0. The highest BCUT2D eigenvalue weighted by atomic mass is 32.2. The van der Waals surface area contributed by atoms with Crippen LogP contribution in [0.1, 0.15) is 37.0 Å². The monoisotopic (exact) mass is 418 g/mol. The smallest absolute Gasteiger partial charge is 0.244 e. The summed E-state index contributed by atoms with van der Waals surface area (Å²) in [6, 6.07) is 12.2. The molecule has 2 aromatic carbocycles. The molecule has 1 atom stereocenters. The van der Waals surface area contributed by atoms with E-state index in [2.05, 4.69) is 5.32 Å². The summed E-state index contributed by atoms with van der Waals surface area (Å²) in [5.41, 5.74) is 3.22. The Morgan fingerprint density at radius 3 is 2.28 bits per heavy atom. The maximum Gasteiger partial charge on any atom is 0.244 e. The first-order valence-corrected chi connectivity index (χ1v) is 11.6. The van der Waals surface area contributed by atoms with Crippen molar-refractivity contribution in [1.29, 1.82) is 0 Å². The van der Waals surface area contributed by atoms with E-state index in [9.17, 15) is 13.2 Å². The molecule has 0 aliphatic rings. The number of benzene rings is 2. The summed E-state index contributed by atoms with van der Waals surface area (Å²) in [6.07, 6.45) is 1.48. The van der Waals surface area contributed by atoms with Gasteiger partial charge in [-0.25, -0.2) is 8.42 Å². The van der Waals surface area contributed by atoms with E-state index >= 15 is 0 Å². The number of carbonyl (C=O) groups is 1. The van der Waals surface area contributed by atoms with Gasteiger partial charge in [-0.3, -0.25) is 9.10 Å². The molecular formula is C22H30N2O4S. The van der Waals surface area contributed by atoms with Crippen LogP contribution in [0.4, 0.5) is 5.69 Å². The van der Waals surface area contributed by atoms with Crippen LogP contribution in [0.15, 0.2) is 42.5 Å². The SMILES string of the molecule is CCOc1ccccc1CNC(=O)[C@H](CC)N(c1cc(C)cc(C)c1)S(C)(=O)=O. The molecule has 0 saturated carbocycles. The number of sulfonamides is 1. The van der Waals surface area contributed by atoms with E-state index in [1.54, 1.807) is 19.1 Å². The third-order valence-electron chi connectivity index (χ3n) is 4.52. The standard InChI is InChI=1S/C22H30N2O4S/c1-6-20(22(25)23-15-18-10-8-9-11-21(18)28-7-2)24(29(5,26)27)19-13-16(3)12-17(4)14-19/h8-14,20H,6-7,15H2,1-5H3,(H,23,25)/t20-/m0/s1. The van der Waals surface area contributed by atoms with Crippen molar-refractivity contribution in [2.75, 3.05) is 17.2 Å². The Morgan fingerprint density at radius 2 is 1.72 bits per heavy atom. The van der Waals surface area contributed by atoms with E-state index in [-0.39, 0.29) is 12.5 Å². The molecule has 0 radical (unpaired) electrons. The second kappa shape index (κ2) is 9.78. The van der Waals surface area contributed by atoms with Crippen molar-refractivity contribution in [1.82, 2.24) is 5.32 Å². The fraction of sp³-hybridized carbons (Fsp3) is 0.409. The number of carbonyl (C=O) groups excluding carboxylic acids is 1. The lowest BCUT2D eigenvalue weighted by atomic mass is 10.1. The van der Waals surface area contributed by atoms with Gasteiger partial charge >= 0.3 is 0 Å². The third-order valence-corrected chi connectivity index (χ3v) is 5.70. The number of amides is 1. The topological polar surface area (TPSA) is 75.7 Å². The van der Waals surface area contributed by atoms with Crippen LogP contribution in [0.25, 0.3) is 0 Å². The van der Waals surface area contributed by atoms with Crippen molar-refractivity contribution in [2.45, 2.75) is 46.7 Å². The molecule has 0 saturated heterocycles. The van der Waals surface area contributed by atoms with Gasteiger partial charge in [-0.1, -0.05) is 31.2 Å². The van der Waals surface area contributed by atoms with E-state index in [0.29, 0.717) is 24.5 Å². The Hall–Kier alpha value is -2.54. The number of aryl methyl sites for hydroxylation is 2. The highest BCUT2D eigenvalue weighted by Crippen LogP contribution is 2.25. The molecule has 1 N–H and O–H groups in total. The second-order valence-electron chi connectivity index (χ2n) is 7.09. The maximum atomic E-state index is 13.0. The minimum atomic E-state index is -3.66. The van der Waals surface area contributed by atoms with Gasteiger partial charge in [0.15, 0.2) is 0 Å². The predicted molar refractivity (Wildman–Crippen MR) is 117 cm³/mol. The zero-order valence-corrected chi connectivity index (χ0v) is 18.5. The van der Waals surface area contributed by atoms with Crippen LogP contribution in [0.3, 0.4) is 0 Å². The molecule has 2 aromatic rings. The zero-order valence-electron chi connectivity index (χ0n) is 17.7. The number of rotatable bonds is 9. The highest BCUT2D eigenvalue weighted by Gasteiger charge is 2.31. The Bertz CT molecular complexity index is 937. The Kier molecular flexibility index (Phi) is 7.67. The van der Waals surface area contributed by atoms with Crippen LogP contribution < -0.4 is 14.4 Å². The van der Waals surface area contributed by atoms with Gasteiger partial charge in [0.2, 0.25) is 15.9 Å². The summed E-state index contributed by atoms with van der Waals surface area (Å²) in [5, 5.41) is 2.88. The van der Waals surface area contributed by atoms with Gasteiger partial charge in [0.05, 0.1) is 18.6 Å². The molecule has 158 valence electrons. The summed E-state index contributed by atoms with van der Waals surface area (Å²) in [7, 11) is -3.66. The van der Waals surface area contributed by atoms with Crippen LogP contribution in [-0.4, -0.2) is 33.2 Å². The summed E-state index contributed by atoms with van der Waals surface area (Å²) in [5.74, 6) is 0.362. The molecule has 0 heterocycles. The molecule has 6 nitrogen and oxygen atoms in total. The van der Waals surface area contributed by atoms with Gasteiger partial charge in [-0.05, 0) is 56.5 Å². The number of para-hydroxylation sites is 1. The molecular weight excluding hydrogens is 388 g/mol. The fourth-order valence-corrected chi connectivity index (χ4v) is 4.58. The van der Waals surface area contributed by atoms with E-state index in [0.717, 1.165) is 22.9 Å². The lowest BCUT2D eigenvalue weighted by Crippen LogP contribution is -2.49. The number of anilines is 1. The van der Waals surface area contributed by atoms with E-state index in [4.69, 9.17) is 4.74 Å². The van der Waals surface area contributed by atoms with E-state index in [1.165, 1.54) is 4.31 Å². The first-order chi connectivity index (χ1) is 13.7. The van der Waals surface area contributed by atoms with Crippen LogP contribution in [0.5, 0.6) is 5.75 Å². The minimum absolute atomic E-state index is 0.260. The summed E-state index contributed by atoms with van der Waals surface area (Å²) < 4.78 is 32.0. The van der Waals surface area contributed by atoms with Gasteiger partial charge in [0.1, 0.15) is 11.8 Å². The molecule has 0 fully saturated rings. The largest absolute Gasteiger partial charge is 0.494 e. The predicted octanol–water partition coefficient (Wildman–Crippen LogP) is 3.56. The van der Waals surface area contributed by atoms with Crippen LogP contribution in [0, 0.1) is 13.8 Å². The minimum Gasteiger partial charge on any atom is -0.494 e. The van der Waals surface area contributed by atoms with Gasteiger partial charge in [-0.2, -0.15) is 0 Å². The Labute approximate surface area is 173 Å². The number of hydrogen-bond donors (Lipinski definition) is 1. The van der Waals surface area contributed by atoms with Crippen molar-refractivity contribution in [3.8, 4) is 5.75 Å². The zero-order chi connectivity index (χ0) is 21.6. The summed E-state index contributed by atoms with van der Waals surface area (Å²) in [4.78, 5) is 13.0. The van der Waals surface area contributed by atoms with Gasteiger partial charge in [0, 0.05) is 12.1 Å². The number of ether oxygens (including phenoxy) is 1. The van der Waals surface area contributed by atoms with Gasteiger partial charge < -0.3 is 10.1 Å². The molecule has 0 bridgehead atoms. The molecule has 0 aromatic heterocycles. The number of nitrogens with one attached hydrogen (secondary N) is 1. The second-order valence-corrected chi connectivity index (χ2v) is 8.95. The molecule has 0 aliphatic heterocycles. The molecule has 1 amide bonds.